The summed E-state index contributed by atoms with van der Waals surface area (Å²) >= 11 is 0. The van der Waals surface area contributed by atoms with E-state index in [9.17, 15) is 0 Å². The average Bonchev–Trinajstić information content (AvgIpc) is 2.00. The molecule has 0 aromatic carbocycles. The molecule has 0 unspecified atom stereocenters. The van der Waals surface area contributed by atoms with Gasteiger partial charge < -0.3 is 30.6 Å². The molecule has 6 nitrogen and oxygen atoms in total. The minimum Gasteiger partial charge on any atom is -0.361 e. The molecular weight excluding hydrogens is 180 g/mol. The quantitative estimate of drug-likeness (QED) is 0.305. The van der Waals surface area contributed by atoms with Crippen molar-refractivity contribution in [1.29, 1.82) is 0 Å². The lowest BCUT2D eigenvalue weighted by atomic mass is 9.99. The third-order valence-electron chi connectivity index (χ3n) is 1.75. The largest absolute Gasteiger partial charge is 0.361 e. The maximum Gasteiger partial charge on any atom is 0.285 e. The highest BCUT2D eigenvalue weighted by molar-refractivity contribution is 4.92. The molecule has 0 spiro atoms. The summed E-state index contributed by atoms with van der Waals surface area (Å²) in [5.74, 6) is -6.37. The zero-order valence-electron chi connectivity index (χ0n) is 7.30. The molecule has 0 heterocycles. The van der Waals surface area contributed by atoms with Crippen molar-refractivity contribution in [2.24, 2.45) is 0 Å². The summed E-state index contributed by atoms with van der Waals surface area (Å²) in [4.78, 5) is 0. The van der Waals surface area contributed by atoms with Crippen molar-refractivity contribution < 1.29 is 30.6 Å². The van der Waals surface area contributed by atoms with Gasteiger partial charge in [0.25, 0.3) is 12.1 Å². The monoisotopic (exact) mass is 195 g/mol. The summed E-state index contributed by atoms with van der Waals surface area (Å²) in [6.45, 7) is 1.76. The van der Waals surface area contributed by atoms with Crippen molar-refractivity contribution in [3.63, 3.8) is 0 Å². The van der Waals surface area contributed by atoms with Gasteiger partial charge >= 0.3 is 0 Å². The summed E-state index contributed by atoms with van der Waals surface area (Å²) in [5, 5.41) is 52.6. The summed E-state index contributed by atoms with van der Waals surface area (Å²) < 4.78 is 0. The summed E-state index contributed by atoms with van der Waals surface area (Å²) in [5.41, 5.74) is 0. The molecule has 0 aromatic rings. The molecule has 0 saturated carbocycles. The van der Waals surface area contributed by atoms with Gasteiger partial charge in [-0.15, -0.1) is 0 Å². The highest BCUT2D eigenvalue weighted by Gasteiger charge is 2.53. The maximum absolute atomic E-state index is 9.06. The first-order valence-corrected chi connectivity index (χ1v) is 3.90. The SMILES string of the molecule is CCCCC(O)(O)C(O)(O)[C](O)O. The van der Waals surface area contributed by atoms with Crippen molar-refractivity contribution in [3.8, 4) is 0 Å². The molecule has 13 heavy (non-hydrogen) atoms. The first-order valence-electron chi connectivity index (χ1n) is 3.90. The molecule has 0 saturated heterocycles. The molecule has 0 atom stereocenters. The topological polar surface area (TPSA) is 121 Å². The Morgan fingerprint density at radius 1 is 1.08 bits per heavy atom. The third-order valence-corrected chi connectivity index (χ3v) is 1.75. The van der Waals surface area contributed by atoms with Gasteiger partial charge in [0.1, 0.15) is 0 Å². The van der Waals surface area contributed by atoms with Gasteiger partial charge in [-0.3, -0.25) is 0 Å². The standard InChI is InChI=1S/C7H15O6/c1-2-3-4-6(10,11)7(12,13)5(8)9/h8-13H,2-4H2,1H3. The fraction of sp³-hybridized carbons (Fsp3) is 0.857. The molecule has 0 aliphatic carbocycles. The van der Waals surface area contributed by atoms with Crippen molar-refractivity contribution >= 4 is 0 Å². The van der Waals surface area contributed by atoms with Crippen molar-refractivity contribution in [1.82, 2.24) is 0 Å². The van der Waals surface area contributed by atoms with Crippen LogP contribution < -0.4 is 0 Å². The minimum absolute atomic E-state index is 0.309. The Morgan fingerprint density at radius 3 is 1.85 bits per heavy atom. The molecule has 0 rings (SSSR count). The normalized spacial score (nSPS) is 13.8. The average molecular weight is 195 g/mol. The van der Waals surface area contributed by atoms with Crippen LogP contribution in [0.2, 0.25) is 0 Å². The van der Waals surface area contributed by atoms with Crippen LogP contribution in [0.3, 0.4) is 0 Å². The molecular formula is C7H15O6. The van der Waals surface area contributed by atoms with Gasteiger partial charge in [0.05, 0.1) is 0 Å². The van der Waals surface area contributed by atoms with Gasteiger partial charge in [-0.05, 0) is 6.42 Å². The van der Waals surface area contributed by atoms with E-state index < -0.39 is 17.9 Å². The number of rotatable bonds is 5. The molecule has 0 aliphatic heterocycles. The van der Waals surface area contributed by atoms with Crippen molar-refractivity contribution in [2.45, 2.75) is 37.8 Å². The molecule has 1 radical (unpaired) electrons. The van der Waals surface area contributed by atoms with Crippen LogP contribution in [0.5, 0.6) is 0 Å². The smallest absolute Gasteiger partial charge is 0.285 e. The van der Waals surface area contributed by atoms with Crippen molar-refractivity contribution in [3.05, 3.63) is 6.29 Å². The van der Waals surface area contributed by atoms with Gasteiger partial charge in [0.15, 0.2) is 0 Å². The van der Waals surface area contributed by atoms with E-state index in [0.29, 0.717) is 12.8 Å². The fourth-order valence-electron chi connectivity index (χ4n) is 0.777. The van der Waals surface area contributed by atoms with E-state index in [2.05, 4.69) is 0 Å². The molecule has 0 amide bonds. The number of hydrogen-bond donors (Lipinski definition) is 6. The lowest BCUT2D eigenvalue weighted by Gasteiger charge is -2.34. The Hall–Kier alpha value is -0.240. The Morgan fingerprint density at radius 2 is 1.54 bits per heavy atom. The third kappa shape index (κ3) is 2.87. The van der Waals surface area contributed by atoms with Gasteiger partial charge in [-0.2, -0.15) is 0 Å². The van der Waals surface area contributed by atoms with Crippen molar-refractivity contribution in [2.75, 3.05) is 0 Å². The van der Waals surface area contributed by atoms with E-state index in [1.165, 1.54) is 0 Å². The highest BCUT2D eigenvalue weighted by Crippen LogP contribution is 2.28. The van der Waals surface area contributed by atoms with E-state index in [-0.39, 0.29) is 6.42 Å². The van der Waals surface area contributed by atoms with E-state index in [4.69, 9.17) is 30.6 Å². The number of hydrogen-bond acceptors (Lipinski definition) is 6. The van der Waals surface area contributed by atoms with Gasteiger partial charge in [-0.25, -0.2) is 0 Å². The highest BCUT2D eigenvalue weighted by atomic mass is 16.6. The minimum atomic E-state index is -3.41. The first-order chi connectivity index (χ1) is 5.75. The number of aliphatic hydroxyl groups excluding tert-OH is 1. The van der Waals surface area contributed by atoms with Crippen LogP contribution in [0, 0.1) is 6.29 Å². The zero-order valence-corrected chi connectivity index (χ0v) is 7.30. The van der Waals surface area contributed by atoms with E-state index >= 15 is 0 Å². The van der Waals surface area contributed by atoms with E-state index in [1.807, 2.05) is 0 Å². The lowest BCUT2D eigenvalue weighted by Crippen LogP contribution is -2.58. The van der Waals surface area contributed by atoms with Gasteiger partial charge in [0, 0.05) is 6.42 Å². The maximum atomic E-state index is 9.06. The molecule has 6 N–H and O–H groups in total. The van der Waals surface area contributed by atoms with E-state index in [0.717, 1.165) is 0 Å². The predicted octanol–water partition coefficient (Wildman–Crippen LogP) is -1.23. The fourth-order valence-corrected chi connectivity index (χ4v) is 0.777. The molecule has 79 valence electrons. The molecule has 0 aromatic heterocycles. The van der Waals surface area contributed by atoms with Crippen LogP contribution in [0.15, 0.2) is 0 Å². The molecule has 0 bridgehead atoms. The lowest BCUT2D eigenvalue weighted by molar-refractivity contribution is -0.382. The van der Waals surface area contributed by atoms with Crippen LogP contribution in [0.25, 0.3) is 0 Å². The Labute approximate surface area is 75.7 Å². The summed E-state index contributed by atoms with van der Waals surface area (Å²) in [6.07, 6.45) is -1.30. The molecule has 0 aliphatic rings. The summed E-state index contributed by atoms with van der Waals surface area (Å²) in [6, 6.07) is 0. The van der Waals surface area contributed by atoms with Crippen LogP contribution >= 0.6 is 0 Å². The second-order valence-corrected chi connectivity index (χ2v) is 2.92. The first kappa shape index (κ1) is 12.8. The van der Waals surface area contributed by atoms with Gasteiger partial charge in [0.2, 0.25) is 5.79 Å². The molecule has 0 fully saturated rings. The second-order valence-electron chi connectivity index (χ2n) is 2.92. The van der Waals surface area contributed by atoms with Crippen LogP contribution in [-0.2, 0) is 0 Å². The zero-order chi connectivity index (χ0) is 10.7. The van der Waals surface area contributed by atoms with Gasteiger partial charge in [-0.1, -0.05) is 13.3 Å². The Balaban J connectivity index is 4.41. The van der Waals surface area contributed by atoms with Crippen LogP contribution in [0.1, 0.15) is 26.2 Å². The number of aliphatic hydroxyl groups is 6. The number of unbranched alkanes of at least 4 members (excludes halogenated alkanes) is 1. The Kier molecular flexibility index (Phi) is 4.24. The predicted molar refractivity (Wildman–Crippen MR) is 41.0 cm³/mol. The molecule has 6 heteroatoms. The van der Waals surface area contributed by atoms with Crippen LogP contribution in [0.4, 0.5) is 0 Å². The Bertz CT molecular complexity index is 153. The second kappa shape index (κ2) is 4.32. The summed E-state index contributed by atoms with van der Waals surface area (Å²) in [7, 11) is 0. The van der Waals surface area contributed by atoms with Crippen LogP contribution in [-0.4, -0.2) is 42.2 Å². The van der Waals surface area contributed by atoms with E-state index in [1.54, 1.807) is 6.92 Å².